The van der Waals surface area contributed by atoms with Crippen molar-refractivity contribution in [3.05, 3.63) is 56.9 Å². The van der Waals surface area contributed by atoms with Gasteiger partial charge in [-0.25, -0.2) is 13.2 Å². The summed E-state index contributed by atoms with van der Waals surface area (Å²) in [6.45, 7) is 7.85. The molecule has 32 heavy (non-hydrogen) atoms. The highest BCUT2D eigenvalue weighted by molar-refractivity contribution is 14.1. The Bertz CT molecular complexity index is 935. The molecule has 0 spiro atoms. The molecule has 0 aliphatic carbocycles. The SMILES string of the molecule is CC(C)(C)CNCCCN(CCO)C(=O)c1ccc(F)c(F)c1Nc1ccc(I)cc1F. The molecule has 0 heterocycles. The number of rotatable bonds is 10. The molecule has 0 saturated heterocycles. The van der Waals surface area contributed by atoms with Crippen LogP contribution in [0, 0.1) is 26.4 Å². The van der Waals surface area contributed by atoms with E-state index in [9.17, 15) is 23.1 Å². The molecule has 2 aromatic carbocycles. The van der Waals surface area contributed by atoms with Crippen LogP contribution in [0.4, 0.5) is 24.5 Å². The molecule has 0 aliphatic heterocycles. The Morgan fingerprint density at radius 2 is 1.81 bits per heavy atom. The molecule has 176 valence electrons. The van der Waals surface area contributed by atoms with Crippen LogP contribution in [0.15, 0.2) is 30.3 Å². The Hall–Kier alpha value is -1.85. The number of carbonyl (C=O) groups is 1. The second kappa shape index (κ2) is 11.9. The van der Waals surface area contributed by atoms with E-state index in [1.54, 1.807) is 6.07 Å². The lowest BCUT2D eigenvalue weighted by atomic mass is 9.97. The Balaban J connectivity index is 2.23. The van der Waals surface area contributed by atoms with E-state index in [0.717, 1.165) is 18.7 Å². The summed E-state index contributed by atoms with van der Waals surface area (Å²) in [6, 6.07) is 6.26. The van der Waals surface area contributed by atoms with Gasteiger partial charge in [-0.15, -0.1) is 0 Å². The van der Waals surface area contributed by atoms with Gasteiger partial charge in [0.1, 0.15) is 5.82 Å². The van der Waals surface area contributed by atoms with Crippen LogP contribution in [-0.2, 0) is 0 Å². The topological polar surface area (TPSA) is 64.6 Å². The number of nitrogens with zero attached hydrogens (tertiary/aromatic N) is 1. The van der Waals surface area contributed by atoms with Crippen molar-refractivity contribution in [2.24, 2.45) is 5.41 Å². The van der Waals surface area contributed by atoms with E-state index in [1.807, 2.05) is 22.6 Å². The van der Waals surface area contributed by atoms with E-state index in [-0.39, 0.29) is 29.8 Å². The fourth-order valence-corrected chi connectivity index (χ4v) is 3.49. The van der Waals surface area contributed by atoms with Gasteiger partial charge in [0.2, 0.25) is 0 Å². The molecular formula is C23H29F3IN3O2. The van der Waals surface area contributed by atoms with Crippen molar-refractivity contribution in [2.75, 3.05) is 38.1 Å². The molecular weight excluding hydrogens is 534 g/mol. The number of nitrogens with one attached hydrogen (secondary N) is 2. The lowest BCUT2D eigenvalue weighted by Gasteiger charge is -2.24. The minimum Gasteiger partial charge on any atom is -0.395 e. The lowest BCUT2D eigenvalue weighted by molar-refractivity contribution is 0.0720. The molecule has 0 saturated carbocycles. The summed E-state index contributed by atoms with van der Waals surface area (Å²) >= 11 is 1.93. The highest BCUT2D eigenvalue weighted by Crippen LogP contribution is 2.29. The first-order valence-electron chi connectivity index (χ1n) is 10.3. The first kappa shape index (κ1) is 26.4. The van der Waals surface area contributed by atoms with Gasteiger partial charge in [-0.05, 0) is 77.8 Å². The van der Waals surface area contributed by atoms with E-state index in [1.165, 1.54) is 17.0 Å². The summed E-state index contributed by atoms with van der Waals surface area (Å²) in [5.41, 5.74) is -0.539. The molecule has 2 aromatic rings. The molecule has 3 N–H and O–H groups in total. The molecule has 0 aliphatic rings. The van der Waals surface area contributed by atoms with Gasteiger partial charge in [0.25, 0.3) is 5.91 Å². The summed E-state index contributed by atoms with van der Waals surface area (Å²) in [6.07, 6.45) is 0.611. The van der Waals surface area contributed by atoms with E-state index < -0.39 is 29.0 Å². The Morgan fingerprint density at radius 1 is 1.09 bits per heavy atom. The van der Waals surface area contributed by atoms with Crippen molar-refractivity contribution in [2.45, 2.75) is 27.2 Å². The van der Waals surface area contributed by atoms with Gasteiger partial charge in [0.15, 0.2) is 11.6 Å². The van der Waals surface area contributed by atoms with E-state index in [2.05, 4.69) is 31.4 Å². The number of aliphatic hydroxyl groups excluding tert-OH is 1. The third-order valence-electron chi connectivity index (χ3n) is 4.61. The van der Waals surface area contributed by atoms with Crippen molar-refractivity contribution in [3.63, 3.8) is 0 Å². The van der Waals surface area contributed by atoms with Crippen LogP contribution in [0.25, 0.3) is 0 Å². The number of anilines is 2. The second-order valence-corrected chi connectivity index (χ2v) is 9.89. The zero-order chi connectivity index (χ0) is 23.9. The van der Waals surface area contributed by atoms with E-state index >= 15 is 0 Å². The molecule has 0 fully saturated rings. The average Bonchev–Trinajstić information content (AvgIpc) is 2.71. The number of halogens is 4. The highest BCUT2D eigenvalue weighted by atomic mass is 127. The van der Waals surface area contributed by atoms with Crippen molar-refractivity contribution < 1.29 is 23.1 Å². The maximum atomic E-state index is 14.6. The number of carbonyl (C=O) groups excluding carboxylic acids is 1. The van der Waals surface area contributed by atoms with Crippen LogP contribution in [0.5, 0.6) is 0 Å². The summed E-state index contributed by atoms with van der Waals surface area (Å²) in [5, 5.41) is 15.2. The average molecular weight is 563 g/mol. The number of amides is 1. The van der Waals surface area contributed by atoms with Crippen molar-refractivity contribution >= 4 is 39.9 Å². The van der Waals surface area contributed by atoms with Crippen LogP contribution in [-0.4, -0.2) is 48.7 Å². The largest absolute Gasteiger partial charge is 0.395 e. The number of hydrogen-bond acceptors (Lipinski definition) is 4. The standard InChI is InChI=1S/C23H29F3IN3O2/c1-23(2,3)14-28-9-4-10-30(11-12-31)22(32)16-6-7-17(24)20(26)21(16)29-19-8-5-15(27)13-18(19)25/h5-8,13,28-29,31H,4,9-12,14H2,1-3H3. The molecule has 0 radical (unpaired) electrons. The van der Waals surface area contributed by atoms with Crippen molar-refractivity contribution in [1.29, 1.82) is 0 Å². The summed E-state index contributed by atoms with van der Waals surface area (Å²) in [5.74, 6) is -3.67. The minimum absolute atomic E-state index is 0.0361. The van der Waals surface area contributed by atoms with Crippen LogP contribution in [0.1, 0.15) is 37.6 Å². The molecule has 0 aromatic heterocycles. The first-order valence-corrected chi connectivity index (χ1v) is 11.4. The van der Waals surface area contributed by atoms with Gasteiger partial charge in [0.05, 0.1) is 23.5 Å². The van der Waals surface area contributed by atoms with Gasteiger partial charge >= 0.3 is 0 Å². The maximum absolute atomic E-state index is 14.6. The summed E-state index contributed by atoms with van der Waals surface area (Å²) in [4.78, 5) is 14.5. The molecule has 0 unspecified atom stereocenters. The molecule has 5 nitrogen and oxygen atoms in total. The molecule has 0 atom stereocenters. The Kier molecular flexibility index (Phi) is 9.78. The van der Waals surface area contributed by atoms with Crippen LogP contribution in [0.3, 0.4) is 0 Å². The molecule has 2 rings (SSSR count). The van der Waals surface area contributed by atoms with Gasteiger partial charge in [0, 0.05) is 16.7 Å². The van der Waals surface area contributed by atoms with Crippen LogP contribution < -0.4 is 10.6 Å². The number of aliphatic hydroxyl groups is 1. The number of hydrogen-bond donors (Lipinski definition) is 3. The lowest BCUT2D eigenvalue weighted by Crippen LogP contribution is -2.37. The Labute approximate surface area is 200 Å². The predicted molar refractivity (Wildman–Crippen MR) is 129 cm³/mol. The summed E-state index contributed by atoms with van der Waals surface area (Å²) < 4.78 is 43.5. The Morgan fingerprint density at radius 3 is 2.44 bits per heavy atom. The molecule has 9 heteroatoms. The van der Waals surface area contributed by atoms with E-state index in [4.69, 9.17) is 0 Å². The normalized spacial score (nSPS) is 11.5. The fourth-order valence-electron chi connectivity index (χ4n) is 3.04. The van der Waals surface area contributed by atoms with Gasteiger partial charge in [-0.1, -0.05) is 20.8 Å². The van der Waals surface area contributed by atoms with E-state index in [0.29, 0.717) is 23.1 Å². The fraction of sp³-hybridized carbons (Fsp3) is 0.435. The maximum Gasteiger partial charge on any atom is 0.256 e. The van der Waals surface area contributed by atoms with Crippen molar-refractivity contribution in [1.82, 2.24) is 10.2 Å². The summed E-state index contributed by atoms with van der Waals surface area (Å²) in [7, 11) is 0. The smallest absolute Gasteiger partial charge is 0.256 e. The third-order valence-corrected chi connectivity index (χ3v) is 5.28. The highest BCUT2D eigenvalue weighted by Gasteiger charge is 2.24. The molecule has 0 bridgehead atoms. The van der Waals surface area contributed by atoms with Crippen molar-refractivity contribution in [3.8, 4) is 0 Å². The van der Waals surface area contributed by atoms with Crippen LogP contribution in [0.2, 0.25) is 0 Å². The minimum atomic E-state index is -1.27. The number of benzene rings is 2. The van der Waals surface area contributed by atoms with Gasteiger partial charge < -0.3 is 20.6 Å². The van der Waals surface area contributed by atoms with Gasteiger partial charge in [-0.3, -0.25) is 4.79 Å². The third kappa shape index (κ3) is 7.63. The van der Waals surface area contributed by atoms with Gasteiger partial charge in [-0.2, -0.15) is 0 Å². The van der Waals surface area contributed by atoms with Crippen LogP contribution >= 0.6 is 22.6 Å². The molecule has 1 amide bonds. The first-order chi connectivity index (χ1) is 15.0. The second-order valence-electron chi connectivity index (χ2n) is 8.64. The monoisotopic (exact) mass is 563 g/mol. The predicted octanol–water partition coefficient (Wildman–Crippen LogP) is 4.91. The quantitative estimate of drug-likeness (QED) is 0.284. The zero-order valence-electron chi connectivity index (χ0n) is 18.4. The zero-order valence-corrected chi connectivity index (χ0v) is 20.6.